The second kappa shape index (κ2) is 8.08. The van der Waals surface area contributed by atoms with Crippen LogP contribution in [0.1, 0.15) is 52.9 Å². The molecule has 96 valence electrons. The Bertz CT molecular complexity index is 166. The van der Waals surface area contributed by atoms with Crippen molar-refractivity contribution >= 4 is 0 Å². The number of likely N-dealkylation sites (tertiary alicyclic amines) is 1. The van der Waals surface area contributed by atoms with E-state index in [1.54, 1.807) is 0 Å². The summed E-state index contributed by atoms with van der Waals surface area (Å²) in [5.74, 6) is 0.917. The van der Waals surface area contributed by atoms with E-state index in [4.69, 9.17) is 0 Å². The van der Waals surface area contributed by atoms with Crippen LogP contribution in [0.5, 0.6) is 0 Å². The molecular weight excluding hydrogens is 196 g/mol. The summed E-state index contributed by atoms with van der Waals surface area (Å²) in [7, 11) is 0. The van der Waals surface area contributed by atoms with E-state index in [0.717, 1.165) is 12.0 Å². The van der Waals surface area contributed by atoms with E-state index in [-0.39, 0.29) is 0 Å². The number of hydrogen-bond donors (Lipinski definition) is 1. The van der Waals surface area contributed by atoms with Crippen molar-refractivity contribution in [2.75, 3.05) is 26.2 Å². The molecule has 0 saturated carbocycles. The minimum absolute atomic E-state index is 0.736. The second-order valence-electron chi connectivity index (χ2n) is 5.37. The molecule has 1 rings (SSSR count). The van der Waals surface area contributed by atoms with E-state index in [1.165, 1.54) is 58.3 Å². The van der Waals surface area contributed by atoms with Gasteiger partial charge in [-0.15, -0.1) is 0 Å². The maximum Gasteiger partial charge on any atom is 0.00618 e. The van der Waals surface area contributed by atoms with Crippen LogP contribution >= 0.6 is 0 Å². The summed E-state index contributed by atoms with van der Waals surface area (Å²) in [4.78, 5) is 2.64. The van der Waals surface area contributed by atoms with Crippen LogP contribution in [0.3, 0.4) is 0 Å². The molecule has 1 fully saturated rings. The van der Waals surface area contributed by atoms with Crippen LogP contribution in [-0.2, 0) is 0 Å². The van der Waals surface area contributed by atoms with Gasteiger partial charge in [0.15, 0.2) is 0 Å². The highest BCUT2D eigenvalue weighted by atomic mass is 15.1. The smallest absolute Gasteiger partial charge is 0.00618 e. The third kappa shape index (κ3) is 5.31. The van der Waals surface area contributed by atoms with Crippen LogP contribution in [0.15, 0.2) is 0 Å². The van der Waals surface area contributed by atoms with E-state index < -0.39 is 0 Å². The first-order valence-corrected chi connectivity index (χ1v) is 7.22. The van der Waals surface area contributed by atoms with Crippen molar-refractivity contribution in [3.05, 3.63) is 0 Å². The molecule has 16 heavy (non-hydrogen) atoms. The molecular formula is C14H30N2. The lowest BCUT2D eigenvalue weighted by Gasteiger charge is -2.30. The van der Waals surface area contributed by atoms with Crippen molar-refractivity contribution in [1.29, 1.82) is 0 Å². The van der Waals surface area contributed by atoms with E-state index in [2.05, 4.69) is 31.0 Å². The number of hydrogen-bond acceptors (Lipinski definition) is 2. The fraction of sp³-hybridized carbons (Fsp3) is 1.00. The zero-order chi connectivity index (χ0) is 11.8. The molecule has 1 unspecified atom stereocenters. The van der Waals surface area contributed by atoms with Crippen LogP contribution in [0.25, 0.3) is 0 Å². The Kier molecular flexibility index (Phi) is 7.06. The summed E-state index contributed by atoms with van der Waals surface area (Å²) in [6.07, 6.45) is 6.67. The molecule has 2 heteroatoms. The average Bonchev–Trinajstić information content (AvgIpc) is 2.29. The summed E-state index contributed by atoms with van der Waals surface area (Å²) in [6, 6.07) is 0.736. The predicted octanol–water partition coefficient (Wildman–Crippen LogP) is 2.89. The first-order chi connectivity index (χ1) is 7.76. The highest BCUT2D eigenvalue weighted by molar-refractivity contribution is 4.70. The zero-order valence-electron chi connectivity index (χ0n) is 11.5. The SMILES string of the molecule is CCC(CC)NCCCN1CCCC(C)C1. The Morgan fingerprint density at radius 3 is 2.69 bits per heavy atom. The highest BCUT2D eigenvalue weighted by Gasteiger charge is 2.15. The largest absolute Gasteiger partial charge is 0.314 e. The van der Waals surface area contributed by atoms with E-state index in [1.807, 2.05) is 0 Å². The maximum absolute atomic E-state index is 3.64. The summed E-state index contributed by atoms with van der Waals surface area (Å²) < 4.78 is 0. The van der Waals surface area contributed by atoms with Crippen molar-refractivity contribution in [2.24, 2.45) is 5.92 Å². The standard InChI is InChI=1S/C14H30N2/c1-4-14(5-2)15-9-7-11-16-10-6-8-13(3)12-16/h13-15H,4-12H2,1-3H3. The van der Waals surface area contributed by atoms with E-state index in [9.17, 15) is 0 Å². The minimum Gasteiger partial charge on any atom is -0.314 e. The third-order valence-corrected chi connectivity index (χ3v) is 3.81. The molecule has 1 N–H and O–H groups in total. The summed E-state index contributed by atoms with van der Waals surface area (Å²) in [6.45, 7) is 12.1. The first-order valence-electron chi connectivity index (χ1n) is 7.22. The highest BCUT2D eigenvalue weighted by Crippen LogP contribution is 2.15. The van der Waals surface area contributed by atoms with E-state index >= 15 is 0 Å². The monoisotopic (exact) mass is 226 g/mol. The lowest BCUT2D eigenvalue weighted by Crippen LogP contribution is -2.37. The van der Waals surface area contributed by atoms with Gasteiger partial charge in [-0.1, -0.05) is 20.8 Å². The molecule has 1 aliphatic rings. The number of rotatable bonds is 7. The lowest BCUT2D eigenvalue weighted by atomic mass is 10.0. The lowest BCUT2D eigenvalue weighted by molar-refractivity contribution is 0.181. The van der Waals surface area contributed by atoms with Gasteiger partial charge in [0.1, 0.15) is 0 Å². The molecule has 1 saturated heterocycles. The Balaban J connectivity index is 2.02. The molecule has 2 nitrogen and oxygen atoms in total. The zero-order valence-corrected chi connectivity index (χ0v) is 11.5. The van der Waals surface area contributed by atoms with Crippen molar-refractivity contribution in [1.82, 2.24) is 10.2 Å². The normalized spacial score (nSPS) is 22.9. The second-order valence-corrected chi connectivity index (χ2v) is 5.37. The fourth-order valence-electron chi connectivity index (χ4n) is 2.68. The van der Waals surface area contributed by atoms with Gasteiger partial charge in [-0.3, -0.25) is 0 Å². The quantitative estimate of drug-likeness (QED) is 0.672. The maximum atomic E-state index is 3.64. The van der Waals surface area contributed by atoms with Crippen LogP contribution < -0.4 is 5.32 Å². The predicted molar refractivity (Wildman–Crippen MR) is 71.8 cm³/mol. The number of nitrogens with zero attached hydrogens (tertiary/aromatic N) is 1. The molecule has 0 amide bonds. The topological polar surface area (TPSA) is 15.3 Å². The van der Waals surface area contributed by atoms with Gasteiger partial charge < -0.3 is 10.2 Å². The average molecular weight is 226 g/mol. The Morgan fingerprint density at radius 1 is 1.31 bits per heavy atom. The van der Waals surface area contributed by atoms with Crippen LogP contribution in [-0.4, -0.2) is 37.1 Å². The Labute approximate surface area is 102 Å². The summed E-state index contributed by atoms with van der Waals surface area (Å²) >= 11 is 0. The summed E-state index contributed by atoms with van der Waals surface area (Å²) in [5, 5.41) is 3.64. The van der Waals surface area contributed by atoms with Gasteiger partial charge in [-0.05, 0) is 57.7 Å². The van der Waals surface area contributed by atoms with Gasteiger partial charge in [0.2, 0.25) is 0 Å². The van der Waals surface area contributed by atoms with Gasteiger partial charge in [-0.25, -0.2) is 0 Å². The van der Waals surface area contributed by atoms with Crippen molar-refractivity contribution in [3.63, 3.8) is 0 Å². The van der Waals surface area contributed by atoms with Crippen LogP contribution in [0.4, 0.5) is 0 Å². The van der Waals surface area contributed by atoms with Gasteiger partial charge in [0.25, 0.3) is 0 Å². The molecule has 1 atom stereocenters. The van der Waals surface area contributed by atoms with E-state index in [0.29, 0.717) is 0 Å². The Morgan fingerprint density at radius 2 is 2.06 bits per heavy atom. The number of piperidine rings is 1. The van der Waals surface area contributed by atoms with Gasteiger partial charge in [-0.2, -0.15) is 0 Å². The molecule has 1 aliphatic heterocycles. The first kappa shape index (κ1) is 14.0. The third-order valence-electron chi connectivity index (χ3n) is 3.81. The molecule has 0 bridgehead atoms. The fourth-order valence-corrected chi connectivity index (χ4v) is 2.68. The Hall–Kier alpha value is -0.0800. The molecule has 0 aromatic carbocycles. The van der Waals surface area contributed by atoms with Gasteiger partial charge >= 0.3 is 0 Å². The molecule has 0 aliphatic carbocycles. The minimum atomic E-state index is 0.736. The molecule has 0 radical (unpaired) electrons. The van der Waals surface area contributed by atoms with Gasteiger partial charge in [0.05, 0.1) is 0 Å². The van der Waals surface area contributed by atoms with Crippen molar-refractivity contribution in [2.45, 2.75) is 58.9 Å². The molecule has 0 spiro atoms. The number of nitrogens with one attached hydrogen (secondary N) is 1. The van der Waals surface area contributed by atoms with Crippen molar-refractivity contribution < 1.29 is 0 Å². The summed E-state index contributed by atoms with van der Waals surface area (Å²) in [5.41, 5.74) is 0. The molecule has 0 aromatic heterocycles. The van der Waals surface area contributed by atoms with Crippen LogP contribution in [0, 0.1) is 5.92 Å². The molecule has 0 aromatic rings. The van der Waals surface area contributed by atoms with Crippen molar-refractivity contribution in [3.8, 4) is 0 Å². The molecule has 1 heterocycles. The van der Waals surface area contributed by atoms with Gasteiger partial charge in [0, 0.05) is 12.6 Å². The van der Waals surface area contributed by atoms with Crippen LogP contribution in [0.2, 0.25) is 0 Å².